The second-order valence-corrected chi connectivity index (χ2v) is 3.76. The quantitative estimate of drug-likeness (QED) is 0.764. The zero-order chi connectivity index (χ0) is 9.68. The lowest BCUT2D eigenvalue weighted by atomic mass is 9.90. The van der Waals surface area contributed by atoms with Gasteiger partial charge < -0.3 is 5.73 Å². The molecule has 0 saturated heterocycles. The van der Waals surface area contributed by atoms with Crippen molar-refractivity contribution in [1.82, 2.24) is 4.98 Å². The van der Waals surface area contributed by atoms with Gasteiger partial charge in [0.2, 0.25) is 0 Å². The van der Waals surface area contributed by atoms with Gasteiger partial charge in [-0.15, -0.1) is 0 Å². The molecule has 13 heavy (non-hydrogen) atoms. The van der Waals surface area contributed by atoms with E-state index in [0.717, 1.165) is 13.0 Å². The van der Waals surface area contributed by atoms with E-state index in [1.54, 1.807) is 6.20 Å². The topological polar surface area (TPSA) is 38.9 Å². The van der Waals surface area contributed by atoms with Gasteiger partial charge in [-0.25, -0.2) is 0 Å². The highest BCUT2D eigenvalue weighted by atomic mass is 14.6. The van der Waals surface area contributed by atoms with Gasteiger partial charge in [0.05, 0.1) is 0 Å². The first kappa shape index (κ1) is 10.2. The van der Waals surface area contributed by atoms with E-state index in [0.29, 0.717) is 11.8 Å². The van der Waals surface area contributed by atoms with Crippen LogP contribution in [0.5, 0.6) is 0 Å². The van der Waals surface area contributed by atoms with E-state index in [9.17, 15) is 0 Å². The second-order valence-electron chi connectivity index (χ2n) is 3.76. The summed E-state index contributed by atoms with van der Waals surface area (Å²) in [6.07, 6.45) is 4.81. The fourth-order valence-corrected chi connectivity index (χ4v) is 1.32. The van der Waals surface area contributed by atoms with Gasteiger partial charge in [0.1, 0.15) is 0 Å². The SMILES string of the molecule is CC(CN)C(C)Cc1cccnc1. The normalized spacial score (nSPS) is 15.3. The Morgan fingerprint density at radius 2 is 2.15 bits per heavy atom. The van der Waals surface area contributed by atoms with Crippen molar-refractivity contribution < 1.29 is 0 Å². The van der Waals surface area contributed by atoms with Gasteiger partial charge in [-0.2, -0.15) is 0 Å². The van der Waals surface area contributed by atoms with Crippen LogP contribution in [0.25, 0.3) is 0 Å². The summed E-state index contributed by atoms with van der Waals surface area (Å²) in [5, 5.41) is 0. The van der Waals surface area contributed by atoms with Crippen molar-refractivity contribution in [3.05, 3.63) is 30.1 Å². The molecule has 72 valence electrons. The molecule has 1 aromatic rings. The molecular formula is C11H18N2. The molecule has 0 aliphatic rings. The van der Waals surface area contributed by atoms with Crippen LogP contribution in [0.2, 0.25) is 0 Å². The Hall–Kier alpha value is -0.890. The van der Waals surface area contributed by atoms with Crippen LogP contribution in [0.1, 0.15) is 19.4 Å². The zero-order valence-corrected chi connectivity index (χ0v) is 8.40. The van der Waals surface area contributed by atoms with Gasteiger partial charge in [0.25, 0.3) is 0 Å². The molecule has 2 heteroatoms. The number of hydrogen-bond acceptors (Lipinski definition) is 2. The Bertz CT molecular complexity index is 233. The molecule has 2 atom stereocenters. The number of aromatic nitrogens is 1. The first-order valence-electron chi connectivity index (χ1n) is 4.83. The molecule has 2 nitrogen and oxygen atoms in total. The minimum Gasteiger partial charge on any atom is -0.330 e. The van der Waals surface area contributed by atoms with E-state index in [4.69, 9.17) is 5.73 Å². The lowest BCUT2D eigenvalue weighted by Crippen LogP contribution is -2.20. The summed E-state index contributed by atoms with van der Waals surface area (Å²) in [6, 6.07) is 4.10. The van der Waals surface area contributed by atoms with Gasteiger partial charge in [-0.05, 0) is 36.4 Å². The molecule has 0 aliphatic carbocycles. The molecule has 1 rings (SSSR count). The Balaban J connectivity index is 2.50. The van der Waals surface area contributed by atoms with Crippen LogP contribution in [0.15, 0.2) is 24.5 Å². The maximum absolute atomic E-state index is 5.61. The average molecular weight is 178 g/mol. The largest absolute Gasteiger partial charge is 0.330 e. The van der Waals surface area contributed by atoms with Gasteiger partial charge in [-0.1, -0.05) is 19.9 Å². The highest BCUT2D eigenvalue weighted by Crippen LogP contribution is 2.15. The molecule has 0 radical (unpaired) electrons. The first-order valence-corrected chi connectivity index (χ1v) is 4.83. The second kappa shape index (κ2) is 4.97. The summed E-state index contributed by atoms with van der Waals surface area (Å²) >= 11 is 0. The minimum atomic E-state index is 0.584. The van der Waals surface area contributed by atoms with Crippen molar-refractivity contribution >= 4 is 0 Å². The van der Waals surface area contributed by atoms with Gasteiger partial charge in [0.15, 0.2) is 0 Å². The van der Waals surface area contributed by atoms with Crippen LogP contribution in [0, 0.1) is 11.8 Å². The number of pyridine rings is 1. The van der Waals surface area contributed by atoms with E-state index in [-0.39, 0.29) is 0 Å². The third-order valence-corrected chi connectivity index (χ3v) is 2.62. The number of rotatable bonds is 4. The Morgan fingerprint density at radius 1 is 1.38 bits per heavy atom. The maximum atomic E-state index is 5.61. The Labute approximate surface area is 80.2 Å². The molecule has 0 amide bonds. The van der Waals surface area contributed by atoms with Crippen molar-refractivity contribution in [1.29, 1.82) is 0 Å². The summed E-state index contributed by atoms with van der Waals surface area (Å²) in [5.41, 5.74) is 6.91. The van der Waals surface area contributed by atoms with E-state index in [1.165, 1.54) is 5.56 Å². The summed E-state index contributed by atoms with van der Waals surface area (Å²) in [5.74, 6) is 1.22. The molecular weight excluding hydrogens is 160 g/mol. The highest BCUT2D eigenvalue weighted by molar-refractivity contribution is 5.09. The van der Waals surface area contributed by atoms with Crippen LogP contribution in [-0.2, 0) is 6.42 Å². The summed E-state index contributed by atoms with van der Waals surface area (Å²) < 4.78 is 0. The summed E-state index contributed by atoms with van der Waals surface area (Å²) in [6.45, 7) is 5.20. The van der Waals surface area contributed by atoms with E-state index in [1.807, 2.05) is 12.3 Å². The molecule has 0 fully saturated rings. The summed E-state index contributed by atoms with van der Waals surface area (Å²) in [7, 11) is 0. The van der Waals surface area contributed by atoms with Crippen molar-refractivity contribution in [3.63, 3.8) is 0 Å². The molecule has 0 saturated carbocycles. The monoisotopic (exact) mass is 178 g/mol. The van der Waals surface area contributed by atoms with Crippen molar-refractivity contribution in [2.24, 2.45) is 17.6 Å². The predicted octanol–water partition coefficient (Wildman–Crippen LogP) is 1.86. The molecule has 0 aliphatic heterocycles. The molecule has 1 aromatic heterocycles. The smallest absolute Gasteiger partial charge is 0.0299 e. The first-order chi connectivity index (χ1) is 6.24. The van der Waals surface area contributed by atoms with Crippen LogP contribution >= 0.6 is 0 Å². The van der Waals surface area contributed by atoms with Crippen LogP contribution in [0.4, 0.5) is 0 Å². The third-order valence-electron chi connectivity index (χ3n) is 2.62. The van der Waals surface area contributed by atoms with Crippen molar-refractivity contribution in [2.75, 3.05) is 6.54 Å². The Kier molecular flexibility index (Phi) is 3.90. The third kappa shape index (κ3) is 3.15. The lowest BCUT2D eigenvalue weighted by Gasteiger charge is -2.17. The molecule has 2 N–H and O–H groups in total. The lowest BCUT2D eigenvalue weighted by molar-refractivity contribution is 0.394. The van der Waals surface area contributed by atoms with Crippen molar-refractivity contribution in [2.45, 2.75) is 20.3 Å². The van der Waals surface area contributed by atoms with Gasteiger partial charge in [-0.3, -0.25) is 4.98 Å². The number of nitrogens with zero attached hydrogens (tertiary/aromatic N) is 1. The fourth-order valence-electron chi connectivity index (χ4n) is 1.32. The van der Waals surface area contributed by atoms with E-state index in [2.05, 4.69) is 24.9 Å². The summed E-state index contributed by atoms with van der Waals surface area (Å²) in [4.78, 5) is 4.09. The molecule has 0 spiro atoms. The van der Waals surface area contributed by atoms with Gasteiger partial charge >= 0.3 is 0 Å². The van der Waals surface area contributed by atoms with E-state index < -0.39 is 0 Å². The number of nitrogens with two attached hydrogens (primary N) is 1. The molecule has 0 bridgehead atoms. The molecule has 1 heterocycles. The standard InChI is InChI=1S/C11H18N2/c1-9(10(2)7-12)6-11-4-3-5-13-8-11/h3-5,8-10H,6-7,12H2,1-2H3. The van der Waals surface area contributed by atoms with Crippen LogP contribution < -0.4 is 5.73 Å². The van der Waals surface area contributed by atoms with Crippen LogP contribution in [0.3, 0.4) is 0 Å². The highest BCUT2D eigenvalue weighted by Gasteiger charge is 2.10. The average Bonchev–Trinajstić information content (AvgIpc) is 2.18. The van der Waals surface area contributed by atoms with Crippen molar-refractivity contribution in [3.8, 4) is 0 Å². The molecule has 2 unspecified atom stereocenters. The predicted molar refractivity (Wildman–Crippen MR) is 55.3 cm³/mol. The molecule has 0 aromatic carbocycles. The zero-order valence-electron chi connectivity index (χ0n) is 8.40. The van der Waals surface area contributed by atoms with Gasteiger partial charge in [0, 0.05) is 12.4 Å². The Morgan fingerprint density at radius 3 is 2.69 bits per heavy atom. The van der Waals surface area contributed by atoms with E-state index >= 15 is 0 Å². The number of hydrogen-bond donors (Lipinski definition) is 1. The van der Waals surface area contributed by atoms with Crippen LogP contribution in [-0.4, -0.2) is 11.5 Å². The maximum Gasteiger partial charge on any atom is 0.0299 e. The fraction of sp³-hybridized carbons (Fsp3) is 0.545. The minimum absolute atomic E-state index is 0.584.